The number of nitrogens with zero attached hydrogens (tertiary/aromatic N) is 1. The van der Waals surface area contributed by atoms with Crippen molar-refractivity contribution < 1.29 is 9.59 Å². The van der Waals surface area contributed by atoms with Crippen molar-refractivity contribution in [3.8, 4) is 0 Å². The maximum absolute atomic E-state index is 11.9. The normalized spacial score (nSPS) is 11.8. The molecular weight excluding hydrogens is 266 g/mol. The first kappa shape index (κ1) is 17.2. The quantitative estimate of drug-likeness (QED) is 0.748. The molecule has 0 heterocycles. The maximum Gasteiger partial charge on any atom is 0.241 e. The number of nitrogens with two attached hydrogens (primary N) is 1. The zero-order valence-corrected chi connectivity index (χ0v) is 12.8. The van der Waals surface area contributed by atoms with E-state index in [9.17, 15) is 9.59 Å². The second-order valence-electron chi connectivity index (χ2n) is 4.91. The highest BCUT2D eigenvalue weighted by molar-refractivity contribution is 5.87. The fraction of sp³-hybridized carbons (Fsp3) is 0.500. The molecule has 5 nitrogen and oxygen atoms in total. The summed E-state index contributed by atoms with van der Waals surface area (Å²) in [6, 6.07) is 9.31. The Bertz CT molecular complexity index is 444. The van der Waals surface area contributed by atoms with Crippen molar-refractivity contribution in [1.82, 2.24) is 10.2 Å². The standard InChI is InChI=1S/C16H25N3O2/c1-3-19(4-2)15(20)12-18-16(21)14(17)11-10-13-8-6-5-7-9-13/h5-9,14H,3-4,10-12,17H2,1-2H3,(H,18,21). The molecule has 21 heavy (non-hydrogen) atoms. The fourth-order valence-corrected chi connectivity index (χ4v) is 2.08. The number of hydrogen-bond donors (Lipinski definition) is 2. The molecular formula is C16H25N3O2. The van der Waals surface area contributed by atoms with Crippen molar-refractivity contribution in [2.45, 2.75) is 32.7 Å². The topological polar surface area (TPSA) is 75.4 Å². The molecule has 0 radical (unpaired) electrons. The number of likely N-dealkylation sites (N-methyl/N-ethyl adjacent to an activating group) is 1. The lowest BCUT2D eigenvalue weighted by molar-refractivity contribution is -0.132. The van der Waals surface area contributed by atoms with Crippen molar-refractivity contribution in [3.63, 3.8) is 0 Å². The monoisotopic (exact) mass is 291 g/mol. The van der Waals surface area contributed by atoms with Crippen LogP contribution in [0.25, 0.3) is 0 Å². The van der Waals surface area contributed by atoms with E-state index < -0.39 is 6.04 Å². The molecule has 0 aliphatic heterocycles. The summed E-state index contributed by atoms with van der Waals surface area (Å²) in [5.41, 5.74) is 7.01. The van der Waals surface area contributed by atoms with Gasteiger partial charge in [-0.3, -0.25) is 9.59 Å². The second kappa shape index (κ2) is 9.13. The van der Waals surface area contributed by atoms with Crippen molar-refractivity contribution in [1.29, 1.82) is 0 Å². The van der Waals surface area contributed by atoms with Gasteiger partial charge in [0.15, 0.2) is 0 Å². The van der Waals surface area contributed by atoms with Crippen molar-refractivity contribution in [2.24, 2.45) is 5.73 Å². The summed E-state index contributed by atoms with van der Waals surface area (Å²) in [4.78, 5) is 25.3. The van der Waals surface area contributed by atoms with Crippen LogP contribution in [0.5, 0.6) is 0 Å². The SMILES string of the molecule is CCN(CC)C(=O)CNC(=O)C(N)CCc1ccccc1. The number of nitrogens with one attached hydrogen (secondary N) is 1. The summed E-state index contributed by atoms with van der Waals surface area (Å²) in [6.45, 7) is 5.12. The molecule has 1 atom stereocenters. The van der Waals surface area contributed by atoms with Gasteiger partial charge in [0, 0.05) is 13.1 Å². The Kier molecular flexibility index (Phi) is 7.46. The number of amides is 2. The molecule has 1 unspecified atom stereocenters. The first-order valence-corrected chi connectivity index (χ1v) is 7.43. The molecule has 0 bridgehead atoms. The van der Waals surface area contributed by atoms with Gasteiger partial charge in [0.2, 0.25) is 11.8 Å². The van der Waals surface area contributed by atoms with E-state index in [4.69, 9.17) is 5.73 Å². The van der Waals surface area contributed by atoms with E-state index in [0.29, 0.717) is 19.5 Å². The van der Waals surface area contributed by atoms with Gasteiger partial charge in [-0.2, -0.15) is 0 Å². The molecule has 1 aromatic carbocycles. The van der Waals surface area contributed by atoms with E-state index in [1.165, 1.54) is 0 Å². The Morgan fingerprint density at radius 2 is 1.81 bits per heavy atom. The number of benzene rings is 1. The van der Waals surface area contributed by atoms with E-state index in [1.807, 2.05) is 44.2 Å². The zero-order valence-electron chi connectivity index (χ0n) is 12.8. The van der Waals surface area contributed by atoms with Gasteiger partial charge in [0.25, 0.3) is 0 Å². The highest BCUT2D eigenvalue weighted by Crippen LogP contribution is 2.04. The van der Waals surface area contributed by atoms with Crippen LogP contribution in [-0.4, -0.2) is 42.4 Å². The molecule has 1 rings (SSSR count). The van der Waals surface area contributed by atoms with Crippen LogP contribution in [0.3, 0.4) is 0 Å². The Morgan fingerprint density at radius 3 is 2.38 bits per heavy atom. The number of carbonyl (C=O) groups excluding carboxylic acids is 2. The molecule has 0 fully saturated rings. The Morgan fingerprint density at radius 1 is 1.19 bits per heavy atom. The van der Waals surface area contributed by atoms with E-state index in [0.717, 1.165) is 12.0 Å². The van der Waals surface area contributed by atoms with Gasteiger partial charge in [0.1, 0.15) is 0 Å². The third-order valence-electron chi connectivity index (χ3n) is 3.45. The van der Waals surface area contributed by atoms with Crippen molar-refractivity contribution >= 4 is 11.8 Å². The van der Waals surface area contributed by atoms with Crippen LogP contribution in [-0.2, 0) is 16.0 Å². The van der Waals surface area contributed by atoms with E-state index in [-0.39, 0.29) is 18.4 Å². The average Bonchev–Trinajstić information content (AvgIpc) is 2.52. The molecule has 1 aromatic rings. The zero-order chi connectivity index (χ0) is 15.7. The summed E-state index contributed by atoms with van der Waals surface area (Å²) in [5.74, 6) is -0.352. The van der Waals surface area contributed by atoms with E-state index in [2.05, 4.69) is 5.32 Å². The van der Waals surface area contributed by atoms with E-state index in [1.54, 1.807) is 4.90 Å². The van der Waals surface area contributed by atoms with Gasteiger partial charge in [-0.05, 0) is 32.3 Å². The van der Waals surface area contributed by atoms with Crippen LogP contribution in [0.15, 0.2) is 30.3 Å². The number of aryl methyl sites for hydroxylation is 1. The highest BCUT2D eigenvalue weighted by Gasteiger charge is 2.16. The number of carbonyl (C=O) groups is 2. The molecule has 5 heteroatoms. The first-order chi connectivity index (χ1) is 10.1. The smallest absolute Gasteiger partial charge is 0.241 e. The van der Waals surface area contributed by atoms with Gasteiger partial charge in [-0.25, -0.2) is 0 Å². The molecule has 0 saturated heterocycles. The molecule has 3 N–H and O–H groups in total. The number of rotatable bonds is 8. The third kappa shape index (κ3) is 5.95. The molecule has 0 spiro atoms. The predicted octanol–water partition coefficient (Wildman–Crippen LogP) is 0.931. The van der Waals surface area contributed by atoms with Gasteiger partial charge in [-0.1, -0.05) is 30.3 Å². The molecule has 0 saturated carbocycles. The summed E-state index contributed by atoms with van der Waals surface area (Å²) < 4.78 is 0. The molecule has 0 aliphatic carbocycles. The molecule has 0 aromatic heterocycles. The van der Waals surface area contributed by atoms with Crippen LogP contribution >= 0.6 is 0 Å². The minimum atomic E-state index is -0.588. The summed E-state index contributed by atoms with van der Waals surface area (Å²) in [7, 11) is 0. The van der Waals surface area contributed by atoms with Crippen LogP contribution in [0.2, 0.25) is 0 Å². The van der Waals surface area contributed by atoms with Crippen molar-refractivity contribution in [2.75, 3.05) is 19.6 Å². The summed E-state index contributed by atoms with van der Waals surface area (Å²) >= 11 is 0. The minimum Gasteiger partial charge on any atom is -0.346 e. The second-order valence-corrected chi connectivity index (χ2v) is 4.91. The maximum atomic E-state index is 11.9. The Hall–Kier alpha value is -1.88. The fourth-order valence-electron chi connectivity index (χ4n) is 2.08. The van der Waals surface area contributed by atoms with Gasteiger partial charge < -0.3 is 16.0 Å². The van der Waals surface area contributed by atoms with Gasteiger partial charge >= 0.3 is 0 Å². The first-order valence-electron chi connectivity index (χ1n) is 7.43. The Balaban J connectivity index is 2.33. The van der Waals surface area contributed by atoms with Gasteiger partial charge in [0.05, 0.1) is 12.6 Å². The van der Waals surface area contributed by atoms with Crippen molar-refractivity contribution in [3.05, 3.63) is 35.9 Å². The van der Waals surface area contributed by atoms with Gasteiger partial charge in [-0.15, -0.1) is 0 Å². The summed E-state index contributed by atoms with van der Waals surface area (Å²) in [6.07, 6.45) is 1.31. The molecule has 0 aliphatic rings. The lowest BCUT2D eigenvalue weighted by Crippen LogP contribution is -2.46. The van der Waals surface area contributed by atoms with Crippen LogP contribution in [0.1, 0.15) is 25.8 Å². The molecule has 2 amide bonds. The largest absolute Gasteiger partial charge is 0.346 e. The highest BCUT2D eigenvalue weighted by atomic mass is 16.2. The Labute approximate surface area is 126 Å². The lowest BCUT2D eigenvalue weighted by Gasteiger charge is -2.19. The third-order valence-corrected chi connectivity index (χ3v) is 3.45. The van der Waals surface area contributed by atoms with Crippen LogP contribution < -0.4 is 11.1 Å². The average molecular weight is 291 g/mol. The molecule has 116 valence electrons. The van der Waals surface area contributed by atoms with Crippen LogP contribution in [0.4, 0.5) is 0 Å². The lowest BCUT2D eigenvalue weighted by atomic mass is 10.1. The van der Waals surface area contributed by atoms with Crippen LogP contribution in [0, 0.1) is 0 Å². The number of hydrogen-bond acceptors (Lipinski definition) is 3. The summed E-state index contributed by atoms with van der Waals surface area (Å²) in [5, 5.41) is 2.61. The predicted molar refractivity (Wildman–Crippen MR) is 83.7 cm³/mol. The van der Waals surface area contributed by atoms with E-state index >= 15 is 0 Å². The minimum absolute atomic E-state index is 0.0134.